The van der Waals surface area contributed by atoms with E-state index in [9.17, 15) is 13.2 Å². The summed E-state index contributed by atoms with van der Waals surface area (Å²) in [5, 5.41) is 6.82. The number of sulfone groups is 1. The third kappa shape index (κ3) is 4.20. The van der Waals surface area contributed by atoms with E-state index in [1.165, 1.54) is 11.8 Å². The van der Waals surface area contributed by atoms with Crippen molar-refractivity contribution in [2.75, 3.05) is 16.8 Å². The zero-order chi connectivity index (χ0) is 19.7. The van der Waals surface area contributed by atoms with Crippen LogP contribution in [0.15, 0.2) is 47.6 Å². The molecule has 1 aromatic heterocycles. The lowest BCUT2D eigenvalue weighted by molar-refractivity contribution is 0.0950. The molecule has 0 unspecified atom stereocenters. The van der Waals surface area contributed by atoms with Crippen molar-refractivity contribution in [3.8, 4) is 0 Å². The average Bonchev–Trinajstić information content (AvgIpc) is 3.15. The second-order valence-corrected chi connectivity index (χ2v) is 10.3. The lowest BCUT2D eigenvalue weighted by Crippen LogP contribution is -2.23. The Bertz CT molecular complexity index is 1040. The summed E-state index contributed by atoms with van der Waals surface area (Å²) in [6.45, 7) is 2.31. The van der Waals surface area contributed by atoms with Crippen LogP contribution >= 0.6 is 11.8 Å². The number of fused-ring (bicyclic) bond motifs is 1. The van der Waals surface area contributed by atoms with Crippen molar-refractivity contribution in [3.63, 3.8) is 0 Å². The first-order chi connectivity index (χ1) is 13.4. The van der Waals surface area contributed by atoms with Crippen LogP contribution in [-0.2, 0) is 16.4 Å². The Morgan fingerprint density at radius 3 is 2.86 bits per heavy atom. The number of aromatic nitrogens is 1. The molecule has 7 nitrogen and oxygen atoms in total. The van der Waals surface area contributed by atoms with E-state index in [4.69, 9.17) is 0 Å². The maximum atomic E-state index is 12.5. The van der Waals surface area contributed by atoms with Gasteiger partial charge in [-0.3, -0.25) is 14.8 Å². The molecule has 1 saturated heterocycles. The summed E-state index contributed by atoms with van der Waals surface area (Å²) < 4.78 is 23.4. The van der Waals surface area contributed by atoms with Gasteiger partial charge >= 0.3 is 0 Å². The molecule has 4 rings (SSSR count). The molecule has 2 N–H and O–H groups in total. The highest BCUT2D eigenvalue weighted by atomic mass is 32.2. The molecule has 1 aromatic carbocycles. The van der Waals surface area contributed by atoms with Gasteiger partial charge in [-0.25, -0.2) is 8.42 Å². The minimum absolute atomic E-state index is 0.0161. The number of carbonyl (C=O) groups is 1. The largest absolute Gasteiger partial charge is 0.346 e. The van der Waals surface area contributed by atoms with Crippen molar-refractivity contribution in [3.05, 3.63) is 59.4 Å². The smallest absolute Gasteiger partial charge is 0.251 e. The van der Waals surface area contributed by atoms with E-state index in [0.29, 0.717) is 17.3 Å². The number of aryl methyl sites for hydroxylation is 1. The van der Waals surface area contributed by atoms with E-state index in [-0.39, 0.29) is 28.7 Å². The van der Waals surface area contributed by atoms with Crippen LogP contribution in [0.4, 0.5) is 5.69 Å². The number of carbonyl (C=O) groups excluding carboxylic acids is 1. The molecule has 3 heterocycles. The number of hydrogen-bond donors (Lipinski definition) is 2. The fourth-order valence-corrected chi connectivity index (χ4v) is 6.87. The van der Waals surface area contributed by atoms with Crippen molar-refractivity contribution in [2.45, 2.75) is 24.8 Å². The lowest BCUT2D eigenvalue weighted by Gasteiger charge is -2.12. The number of amides is 1. The quantitative estimate of drug-likeness (QED) is 0.791. The molecule has 28 heavy (non-hydrogen) atoms. The van der Waals surface area contributed by atoms with E-state index >= 15 is 0 Å². The number of thioether (sulfide) groups is 1. The third-order valence-corrected chi connectivity index (χ3v) is 7.86. The highest BCUT2D eigenvalue weighted by molar-refractivity contribution is 8.15. The van der Waals surface area contributed by atoms with E-state index < -0.39 is 9.84 Å². The van der Waals surface area contributed by atoms with Crippen LogP contribution in [0.2, 0.25) is 0 Å². The molecule has 0 spiro atoms. The maximum Gasteiger partial charge on any atom is 0.251 e. The molecule has 1 fully saturated rings. The van der Waals surface area contributed by atoms with Crippen molar-refractivity contribution in [1.82, 2.24) is 10.3 Å². The van der Waals surface area contributed by atoms with Gasteiger partial charge in [0.05, 0.1) is 29.8 Å². The van der Waals surface area contributed by atoms with Gasteiger partial charge in [0.25, 0.3) is 5.91 Å². The van der Waals surface area contributed by atoms with Gasteiger partial charge < -0.3 is 10.6 Å². The molecular weight excluding hydrogens is 396 g/mol. The molecule has 0 bridgehead atoms. The summed E-state index contributed by atoms with van der Waals surface area (Å²) in [5.41, 5.74) is 3.10. The van der Waals surface area contributed by atoms with Crippen LogP contribution in [-0.4, -0.2) is 47.3 Å². The summed E-state index contributed by atoms with van der Waals surface area (Å²) >= 11 is 1.46. The van der Waals surface area contributed by atoms with Crippen molar-refractivity contribution in [1.29, 1.82) is 0 Å². The first-order valence-corrected chi connectivity index (χ1v) is 11.6. The molecule has 2 aliphatic rings. The van der Waals surface area contributed by atoms with Crippen LogP contribution < -0.4 is 10.6 Å². The van der Waals surface area contributed by atoms with E-state index in [1.807, 2.05) is 31.2 Å². The number of rotatable bonds is 4. The number of amidine groups is 1. The molecule has 2 aliphatic heterocycles. The highest BCUT2D eigenvalue weighted by Gasteiger charge is 2.42. The molecule has 0 aliphatic carbocycles. The SMILES string of the molecule is Cc1ccc(C(=O)NCc2ccccn2)cc1NC1=N[C@@H]2CS(=O)(=O)C[C@@H]2S1. The molecule has 2 atom stereocenters. The number of aliphatic imine (C=N–C) groups is 1. The van der Waals surface area contributed by atoms with Crippen LogP contribution in [0.3, 0.4) is 0 Å². The Hall–Kier alpha value is -2.39. The fourth-order valence-electron chi connectivity index (χ4n) is 3.20. The summed E-state index contributed by atoms with van der Waals surface area (Å²) in [4.78, 5) is 21.2. The second-order valence-electron chi connectivity index (χ2n) is 6.89. The molecular formula is C19H20N4O3S2. The average molecular weight is 417 g/mol. The van der Waals surface area contributed by atoms with Crippen LogP contribution in [0.5, 0.6) is 0 Å². The predicted molar refractivity (Wildman–Crippen MR) is 111 cm³/mol. The maximum absolute atomic E-state index is 12.5. The minimum atomic E-state index is -2.97. The first-order valence-electron chi connectivity index (χ1n) is 8.90. The highest BCUT2D eigenvalue weighted by Crippen LogP contribution is 2.35. The summed E-state index contributed by atoms with van der Waals surface area (Å²) in [6, 6.07) is 10.8. The van der Waals surface area contributed by atoms with Gasteiger partial charge in [0.1, 0.15) is 0 Å². The van der Waals surface area contributed by atoms with Crippen LogP contribution in [0.1, 0.15) is 21.6 Å². The molecule has 0 radical (unpaired) electrons. The lowest BCUT2D eigenvalue weighted by atomic mass is 10.1. The monoisotopic (exact) mass is 416 g/mol. The normalized spacial score (nSPS) is 22.4. The molecule has 9 heteroatoms. The third-order valence-electron chi connectivity index (χ3n) is 4.72. The summed E-state index contributed by atoms with van der Waals surface area (Å²) in [5.74, 6) is 0.106. The number of pyridine rings is 1. The number of nitrogens with one attached hydrogen (secondary N) is 2. The van der Waals surface area contributed by atoms with Gasteiger partial charge in [0.2, 0.25) is 0 Å². The summed E-state index contributed by atoms with van der Waals surface area (Å²) in [7, 11) is -2.97. The second kappa shape index (κ2) is 7.56. The standard InChI is InChI=1S/C19H20N4O3S2/c1-12-5-6-13(18(24)21-9-14-4-2-3-7-20-14)8-15(12)22-19-23-16-10-28(25,26)11-17(16)27-19/h2-8,16-17H,9-11H2,1H3,(H,21,24)(H,22,23)/t16-,17+/m1/s1. The van der Waals surface area contributed by atoms with Crippen LogP contribution in [0.25, 0.3) is 0 Å². The Kier molecular flexibility index (Phi) is 5.11. The number of benzene rings is 1. The number of anilines is 1. The van der Waals surface area contributed by atoms with Crippen LogP contribution in [0, 0.1) is 6.92 Å². The van der Waals surface area contributed by atoms with Gasteiger partial charge in [-0.15, -0.1) is 0 Å². The van der Waals surface area contributed by atoms with Crippen molar-refractivity contribution < 1.29 is 13.2 Å². The zero-order valence-electron chi connectivity index (χ0n) is 15.3. The van der Waals surface area contributed by atoms with Gasteiger partial charge in [-0.2, -0.15) is 0 Å². The van der Waals surface area contributed by atoms with Gasteiger partial charge in [-0.05, 0) is 36.8 Å². The summed E-state index contributed by atoms with van der Waals surface area (Å²) in [6.07, 6.45) is 1.69. The number of nitrogens with zero attached hydrogens (tertiary/aromatic N) is 2. The van der Waals surface area contributed by atoms with Crippen molar-refractivity contribution >= 4 is 38.4 Å². The van der Waals surface area contributed by atoms with Gasteiger partial charge in [0, 0.05) is 22.7 Å². The molecule has 146 valence electrons. The zero-order valence-corrected chi connectivity index (χ0v) is 16.9. The molecule has 0 saturated carbocycles. The molecule has 1 amide bonds. The minimum Gasteiger partial charge on any atom is -0.346 e. The molecule has 2 aromatic rings. The van der Waals surface area contributed by atoms with Gasteiger partial charge in [0.15, 0.2) is 15.0 Å². The Morgan fingerprint density at radius 1 is 1.25 bits per heavy atom. The van der Waals surface area contributed by atoms with E-state index in [1.54, 1.807) is 18.3 Å². The number of hydrogen-bond acceptors (Lipinski definition) is 7. The Morgan fingerprint density at radius 2 is 2.11 bits per heavy atom. The van der Waals surface area contributed by atoms with Crippen molar-refractivity contribution in [2.24, 2.45) is 4.99 Å². The first kappa shape index (κ1) is 18.9. The fraction of sp³-hybridized carbons (Fsp3) is 0.316. The topological polar surface area (TPSA) is 101 Å². The Labute approximate surface area is 168 Å². The predicted octanol–water partition coefficient (Wildman–Crippen LogP) is 2.00. The Balaban J connectivity index is 1.43. The van der Waals surface area contributed by atoms with E-state index in [0.717, 1.165) is 16.9 Å². The van der Waals surface area contributed by atoms with Gasteiger partial charge in [-0.1, -0.05) is 23.9 Å². The van der Waals surface area contributed by atoms with E-state index in [2.05, 4.69) is 20.6 Å².